The number of rotatable bonds is 4. The number of carbonyl (C=O) groups is 1. The predicted octanol–water partition coefficient (Wildman–Crippen LogP) is 3.63. The Labute approximate surface area is 169 Å². The minimum absolute atomic E-state index is 0.145. The monoisotopic (exact) mass is 391 g/mol. The molecule has 29 heavy (non-hydrogen) atoms. The van der Waals surface area contributed by atoms with E-state index in [4.69, 9.17) is 0 Å². The van der Waals surface area contributed by atoms with Crippen molar-refractivity contribution in [1.29, 1.82) is 0 Å². The topological polar surface area (TPSA) is 61.4 Å². The van der Waals surface area contributed by atoms with Crippen LogP contribution >= 0.6 is 0 Å². The molecule has 1 amide bonds. The van der Waals surface area contributed by atoms with Gasteiger partial charge in [0.2, 0.25) is 0 Å². The van der Waals surface area contributed by atoms with E-state index in [1.54, 1.807) is 17.0 Å². The molecule has 1 aromatic heterocycles. The molecule has 0 unspecified atom stereocenters. The smallest absolute Gasteiger partial charge is 0.254 e. The highest BCUT2D eigenvalue weighted by Crippen LogP contribution is 2.19. The SMILES string of the molecule is Cc1ccc(Nc2ccc(N3CCN(C(=O)c4cccc(F)c4)CC3)nn2)cc1. The molecule has 1 fully saturated rings. The van der Waals surface area contributed by atoms with E-state index in [-0.39, 0.29) is 5.91 Å². The van der Waals surface area contributed by atoms with Crippen LogP contribution in [0.4, 0.5) is 21.7 Å². The number of halogens is 1. The highest BCUT2D eigenvalue weighted by Gasteiger charge is 2.23. The molecule has 2 aromatic carbocycles. The quantitative estimate of drug-likeness (QED) is 0.736. The van der Waals surface area contributed by atoms with E-state index in [2.05, 4.69) is 20.4 Å². The van der Waals surface area contributed by atoms with Gasteiger partial charge in [-0.3, -0.25) is 4.79 Å². The minimum Gasteiger partial charge on any atom is -0.352 e. The maximum absolute atomic E-state index is 13.4. The van der Waals surface area contributed by atoms with Crippen molar-refractivity contribution in [2.45, 2.75) is 6.92 Å². The van der Waals surface area contributed by atoms with Crippen molar-refractivity contribution in [2.24, 2.45) is 0 Å². The molecule has 0 saturated carbocycles. The Kier molecular flexibility index (Phi) is 5.37. The fourth-order valence-corrected chi connectivity index (χ4v) is 3.29. The number of hydrogen-bond donors (Lipinski definition) is 1. The van der Waals surface area contributed by atoms with Gasteiger partial charge in [-0.15, -0.1) is 10.2 Å². The average Bonchev–Trinajstić information content (AvgIpc) is 2.75. The second-order valence-electron chi connectivity index (χ2n) is 7.06. The van der Waals surface area contributed by atoms with Crippen molar-refractivity contribution in [3.63, 3.8) is 0 Å². The third-order valence-corrected chi connectivity index (χ3v) is 4.94. The summed E-state index contributed by atoms with van der Waals surface area (Å²) in [5.74, 6) is 0.909. The zero-order valence-electron chi connectivity index (χ0n) is 16.2. The Bertz CT molecular complexity index is 983. The molecular formula is C22H22FN5O. The summed E-state index contributed by atoms with van der Waals surface area (Å²) >= 11 is 0. The summed E-state index contributed by atoms with van der Waals surface area (Å²) < 4.78 is 13.4. The largest absolute Gasteiger partial charge is 0.352 e. The molecule has 1 N–H and O–H groups in total. The molecule has 0 atom stereocenters. The van der Waals surface area contributed by atoms with Crippen LogP contribution in [0.15, 0.2) is 60.7 Å². The van der Waals surface area contributed by atoms with Crippen molar-refractivity contribution >= 4 is 23.2 Å². The number of carbonyl (C=O) groups excluding carboxylic acids is 1. The first-order valence-corrected chi connectivity index (χ1v) is 9.56. The van der Waals surface area contributed by atoms with Gasteiger partial charge in [0.15, 0.2) is 11.6 Å². The van der Waals surface area contributed by atoms with Crippen LogP contribution < -0.4 is 10.2 Å². The molecule has 1 aliphatic rings. The maximum atomic E-state index is 13.4. The zero-order chi connectivity index (χ0) is 20.2. The standard InChI is InChI=1S/C22H22FN5O/c1-16-5-7-19(8-6-16)24-20-9-10-21(26-25-20)27-11-13-28(14-12-27)22(29)17-3-2-4-18(23)15-17/h2-10,15H,11-14H2,1H3,(H,24,25). The van der Waals surface area contributed by atoms with Crippen LogP contribution in [0, 0.1) is 12.7 Å². The fraction of sp³-hybridized carbons (Fsp3) is 0.227. The van der Waals surface area contributed by atoms with Gasteiger partial charge in [-0.2, -0.15) is 0 Å². The Balaban J connectivity index is 1.35. The van der Waals surface area contributed by atoms with E-state index in [1.807, 2.05) is 43.3 Å². The molecule has 0 radical (unpaired) electrons. The summed E-state index contributed by atoms with van der Waals surface area (Å²) in [6.45, 7) is 4.46. The van der Waals surface area contributed by atoms with Crippen LogP contribution in [0.1, 0.15) is 15.9 Å². The van der Waals surface area contributed by atoms with Crippen molar-refractivity contribution in [1.82, 2.24) is 15.1 Å². The van der Waals surface area contributed by atoms with Gasteiger partial charge in [0.25, 0.3) is 5.91 Å². The van der Waals surface area contributed by atoms with Crippen LogP contribution in [-0.4, -0.2) is 47.2 Å². The zero-order valence-corrected chi connectivity index (χ0v) is 16.2. The highest BCUT2D eigenvalue weighted by molar-refractivity contribution is 5.94. The summed E-state index contributed by atoms with van der Waals surface area (Å²) in [7, 11) is 0. The lowest BCUT2D eigenvalue weighted by atomic mass is 10.1. The van der Waals surface area contributed by atoms with E-state index >= 15 is 0 Å². The molecule has 0 bridgehead atoms. The van der Waals surface area contributed by atoms with Crippen LogP contribution in [0.3, 0.4) is 0 Å². The first-order valence-electron chi connectivity index (χ1n) is 9.56. The summed E-state index contributed by atoms with van der Waals surface area (Å²) in [5.41, 5.74) is 2.54. The van der Waals surface area contributed by atoms with Gasteiger partial charge in [0.1, 0.15) is 5.82 Å². The van der Waals surface area contributed by atoms with Crippen LogP contribution in [0.2, 0.25) is 0 Å². The summed E-state index contributed by atoms with van der Waals surface area (Å²) in [4.78, 5) is 16.4. The van der Waals surface area contributed by atoms with E-state index in [0.29, 0.717) is 37.6 Å². The lowest BCUT2D eigenvalue weighted by Crippen LogP contribution is -2.49. The van der Waals surface area contributed by atoms with E-state index in [1.165, 1.54) is 17.7 Å². The number of aromatic nitrogens is 2. The van der Waals surface area contributed by atoms with Gasteiger partial charge < -0.3 is 15.1 Å². The number of piperazine rings is 1. The van der Waals surface area contributed by atoms with Crippen LogP contribution in [0.25, 0.3) is 0 Å². The molecule has 3 aromatic rings. The first kappa shape index (κ1) is 18.9. The lowest BCUT2D eigenvalue weighted by molar-refractivity contribution is 0.0746. The molecule has 2 heterocycles. The molecule has 1 aliphatic heterocycles. The number of nitrogens with one attached hydrogen (secondary N) is 1. The van der Waals surface area contributed by atoms with E-state index in [9.17, 15) is 9.18 Å². The molecule has 6 nitrogen and oxygen atoms in total. The number of amides is 1. The predicted molar refractivity (Wildman–Crippen MR) is 111 cm³/mol. The van der Waals surface area contributed by atoms with Gasteiger partial charge in [-0.25, -0.2) is 4.39 Å². The normalized spacial score (nSPS) is 14.0. The lowest BCUT2D eigenvalue weighted by Gasteiger charge is -2.35. The number of anilines is 3. The van der Waals surface area contributed by atoms with Crippen LogP contribution in [-0.2, 0) is 0 Å². The Hall–Kier alpha value is -3.48. The third kappa shape index (κ3) is 4.51. The molecule has 0 spiro atoms. The van der Waals surface area contributed by atoms with Crippen molar-refractivity contribution in [2.75, 3.05) is 36.4 Å². The summed E-state index contributed by atoms with van der Waals surface area (Å²) in [6.07, 6.45) is 0. The van der Waals surface area contributed by atoms with Crippen LogP contribution in [0.5, 0.6) is 0 Å². The Morgan fingerprint density at radius 3 is 2.38 bits per heavy atom. The Morgan fingerprint density at radius 1 is 0.966 bits per heavy atom. The molecule has 4 rings (SSSR count). The third-order valence-electron chi connectivity index (χ3n) is 4.94. The average molecular weight is 391 g/mol. The minimum atomic E-state index is -0.399. The highest BCUT2D eigenvalue weighted by atomic mass is 19.1. The van der Waals surface area contributed by atoms with E-state index < -0.39 is 5.82 Å². The van der Waals surface area contributed by atoms with Crippen molar-refractivity contribution < 1.29 is 9.18 Å². The number of aryl methyl sites for hydroxylation is 1. The first-order chi connectivity index (χ1) is 14.1. The second kappa shape index (κ2) is 8.26. The molecular weight excluding hydrogens is 369 g/mol. The maximum Gasteiger partial charge on any atom is 0.254 e. The Morgan fingerprint density at radius 2 is 1.72 bits per heavy atom. The number of hydrogen-bond acceptors (Lipinski definition) is 5. The van der Waals surface area contributed by atoms with E-state index in [0.717, 1.165) is 11.5 Å². The second-order valence-corrected chi connectivity index (χ2v) is 7.06. The van der Waals surface area contributed by atoms with Gasteiger partial charge in [-0.1, -0.05) is 23.8 Å². The fourth-order valence-electron chi connectivity index (χ4n) is 3.29. The summed E-state index contributed by atoms with van der Waals surface area (Å²) in [5, 5.41) is 11.8. The molecule has 0 aliphatic carbocycles. The van der Waals surface area contributed by atoms with Gasteiger partial charge in [0, 0.05) is 37.4 Å². The van der Waals surface area contributed by atoms with Crippen molar-refractivity contribution in [3.05, 3.63) is 77.6 Å². The molecule has 148 valence electrons. The number of nitrogens with zero attached hydrogens (tertiary/aromatic N) is 4. The van der Waals surface area contributed by atoms with Gasteiger partial charge in [-0.05, 0) is 49.4 Å². The van der Waals surface area contributed by atoms with Crippen molar-refractivity contribution in [3.8, 4) is 0 Å². The van der Waals surface area contributed by atoms with Gasteiger partial charge >= 0.3 is 0 Å². The van der Waals surface area contributed by atoms with Gasteiger partial charge in [0.05, 0.1) is 0 Å². The summed E-state index contributed by atoms with van der Waals surface area (Å²) in [6, 6.07) is 17.7. The number of benzene rings is 2. The molecule has 7 heteroatoms. The molecule has 1 saturated heterocycles.